The molecule has 0 aromatic carbocycles. The number of likely N-dealkylation sites (N-methyl/N-ethyl adjacent to an activating group) is 1. The van der Waals surface area contributed by atoms with Gasteiger partial charge in [-0.2, -0.15) is 0 Å². The molecule has 0 aromatic rings. The summed E-state index contributed by atoms with van der Waals surface area (Å²) in [4.78, 5) is 2.55. The molecule has 1 saturated heterocycles. The normalized spacial score (nSPS) is 30.6. The first-order chi connectivity index (χ1) is 7.78. The Morgan fingerprint density at radius 2 is 1.94 bits per heavy atom. The van der Waals surface area contributed by atoms with E-state index in [2.05, 4.69) is 11.9 Å². The zero-order chi connectivity index (χ0) is 11.4. The molecule has 0 bridgehead atoms. The molecule has 1 saturated carbocycles. The second kappa shape index (κ2) is 5.48. The molecule has 1 unspecified atom stereocenters. The highest BCUT2D eigenvalue weighted by molar-refractivity contribution is 4.95. The molecule has 0 amide bonds. The summed E-state index contributed by atoms with van der Waals surface area (Å²) in [6.45, 7) is 2.63. The van der Waals surface area contributed by atoms with Gasteiger partial charge in [0.05, 0.1) is 6.61 Å². The van der Waals surface area contributed by atoms with Crippen molar-refractivity contribution in [3.8, 4) is 0 Å². The summed E-state index contributed by atoms with van der Waals surface area (Å²) in [6, 6.07) is 0.599. The van der Waals surface area contributed by atoms with Gasteiger partial charge in [-0.15, -0.1) is 0 Å². The lowest BCUT2D eigenvalue weighted by molar-refractivity contribution is 0.0539. The van der Waals surface area contributed by atoms with Gasteiger partial charge in [0.25, 0.3) is 0 Å². The molecule has 1 aliphatic heterocycles. The zero-order valence-corrected chi connectivity index (χ0v) is 10.6. The van der Waals surface area contributed by atoms with Crippen LogP contribution in [0.15, 0.2) is 0 Å². The van der Waals surface area contributed by atoms with Crippen LogP contribution in [0, 0.1) is 0 Å². The maximum Gasteiger partial charge on any atom is 0.0622 e. The van der Waals surface area contributed by atoms with Crippen molar-refractivity contribution in [2.24, 2.45) is 5.73 Å². The topological polar surface area (TPSA) is 38.5 Å². The van der Waals surface area contributed by atoms with Gasteiger partial charge in [-0.1, -0.05) is 25.7 Å². The number of rotatable bonds is 3. The Hall–Kier alpha value is -0.120. The lowest BCUT2D eigenvalue weighted by Crippen LogP contribution is -2.56. The minimum absolute atomic E-state index is 0.259. The fourth-order valence-electron chi connectivity index (χ4n) is 3.30. The predicted octanol–water partition coefficient (Wildman–Crippen LogP) is 1.76. The quantitative estimate of drug-likeness (QED) is 0.745. The molecular formula is C13H26N2O. The van der Waals surface area contributed by atoms with E-state index in [1.54, 1.807) is 0 Å². The summed E-state index contributed by atoms with van der Waals surface area (Å²) in [5.74, 6) is 0. The standard InChI is InChI=1S/C13H26N2O/c1-15(12-6-9-16-10-12)13(11-14)7-4-2-3-5-8-13/h12H,2-11,14H2,1H3. The minimum atomic E-state index is 0.259. The van der Waals surface area contributed by atoms with Crippen LogP contribution in [0.2, 0.25) is 0 Å². The van der Waals surface area contributed by atoms with Gasteiger partial charge in [-0.3, -0.25) is 4.90 Å². The average molecular weight is 226 g/mol. The largest absolute Gasteiger partial charge is 0.380 e. The van der Waals surface area contributed by atoms with Crippen molar-refractivity contribution in [1.82, 2.24) is 4.90 Å². The highest BCUT2D eigenvalue weighted by atomic mass is 16.5. The highest BCUT2D eigenvalue weighted by Gasteiger charge is 2.38. The molecule has 3 heteroatoms. The van der Waals surface area contributed by atoms with Crippen LogP contribution in [0.25, 0.3) is 0 Å². The van der Waals surface area contributed by atoms with E-state index in [1.165, 1.54) is 44.9 Å². The minimum Gasteiger partial charge on any atom is -0.380 e. The fourth-order valence-corrected chi connectivity index (χ4v) is 3.30. The summed E-state index contributed by atoms with van der Waals surface area (Å²) < 4.78 is 5.51. The van der Waals surface area contributed by atoms with Crippen LogP contribution in [0.3, 0.4) is 0 Å². The smallest absolute Gasteiger partial charge is 0.0622 e. The third-order valence-corrected chi connectivity index (χ3v) is 4.62. The Kier molecular flexibility index (Phi) is 4.22. The van der Waals surface area contributed by atoms with E-state index in [9.17, 15) is 0 Å². The third kappa shape index (κ3) is 2.41. The molecule has 2 rings (SSSR count). The molecule has 2 fully saturated rings. The van der Waals surface area contributed by atoms with Gasteiger partial charge in [-0.25, -0.2) is 0 Å². The number of nitrogens with two attached hydrogens (primary N) is 1. The summed E-state index contributed by atoms with van der Waals surface area (Å²) in [5.41, 5.74) is 6.35. The van der Waals surface area contributed by atoms with Crippen molar-refractivity contribution in [2.75, 3.05) is 26.8 Å². The number of hydrogen-bond acceptors (Lipinski definition) is 3. The van der Waals surface area contributed by atoms with Crippen molar-refractivity contribution < 1.29 is 4.74 Å². The molecule has 1 heterocycles. The summed E-state index contributed by atoms with van der Waals surface area (Å²) in [7, 11) is 2.26. The van der Waals surface area contributed by atoms with E-state index in [0.717, 1.165) is 19.8 Å². The van der Waals surface area contributed by atoms with E-state index in [0.29, 0.717) is 6.04 Å². The molecule has 3 nitrogen and oxygen atoms in total. The average Bonchev–Trinajstić information content (AvgIpc) is 2.73. The van der Waals surface area contributed by atoms with Crippen LogP contribution in [0.5, 0.6) is 0 Å². The lowest BCUT2D eigenvalue weighted by Gasteiger charge is -2.44. The summed E-state index contributed by atoms with van der Waals surface area (Å²) in [6.07, 6.45) is 9.18. The lowest BCUT2D eigenvalue weighted by atomic mass is 9.87. The van der Waals surface area contributed by atoms with Gasteiger partial charge in [0.2, 0.25) is 0 Å². The number of hydrogen-bond donors (Lipinski definition) is 1. The van der Waals surface area contributed by atoms with Crippen molar-refractivity contribution in [3.05, 3.63) is 0 Å². The molecule has 0 aromatic heterocycles. The first kappa shape index (κ1) is 12.3. The van der Waals surface area contributed by atoms with Crippen molar-refractivity contribution in [2.45, 2.75) is 56.5 Å². The van der Waals surface area contributed by atoms with Crippen LogP contribution < -0.4 is 5.73 Å². The van der Waals surface area contributed by atoms with Crippen molar-refractivity contribution >= 4 is 0 Å². The van der Waals surface area contributed by atoms with E-state index >= 15 is 0 Å². The molecule has 0 radical (unpaired) electrons. The molecule has 16 heavy (non-hydrogen) atoms. The van der Waals surface area contributed by atoms with Crippen LogP contribution in [0.1, 0.15) is 44.9 Å². The van der Waals surface area contributed by atoms with Gasteiger partial charge in [0.15, 0.2) is 0 Å². The molecule has 2 aliphatic rings. The molecule has 1 aliphatic carbocycles. The van der Waals surface area contributed by atoms with Gasteiger partial charge >= 0.3 is 0 Å². The second-order valence-electron chi connectivity index (χ2n) is 5.47. The van der Waals surface area contributed by atoms with E-state index in [1.807, 2.05) is 0 Å². The van der Waals surface area contributed by atoms with Crippen LogP contribution in [-0.4, -0.2) is 43.3 Å². The first-order valence-electron chi connectivity index (χ1n) is 6.79. The monoisotopic (exact) mass is 226 g/mol. The van der Waals surface area contributed by atoms with Gasteiger partial charge in [0, 0.05) is 24.7 Å². The molecule has 2 N–H and O–H groups in total. The van der Waals surface area contributed by atoms with Crippen LogP contribution in [-0.2, 0) is 4.74 Å². The van der Waals surface area contributed by atoms with Crippen molar-refractivity contribution in [1.29, 1.82) is 0 Å². The third-order valence-electron chi connectivity index (χ3n) is 4.62. The Labute approximate surface area is 99.3 Å². The van der Waals surface area contributed by atoms with E-state index in [-0.39, 0.29) is 5.54 Å². The predicted molar refractivity (Wildman–Crippen MR) is 66.5 cm³/mol. The SMILES string of the molecule is CN(C1CCOC1)C1(CN)CCCCCC1. The number of nitrogens with zero attached hydrogens (tertiary/aromatic N) is 1. The maximum absolute atomic E-state index is 6.09. The molecular weight excluding hydrogens is 200 g/mol. The summed E-state index contributed by atoms with van der Waals surface area (Å²) >= 11 is 0. The fraction of sp³-hybridized carbons (Fsp3) is 1.00. The van der Waals surface area contributed by atoms with Gasteiger partial charge in [0.1, 0.15) is 0 Å². The Balaban J connectivity index is 2.05. The number of ether oxygens (including phenoxy) is 1. The van der Waals surface area contributed by atoms with Crippen molar-refractivity contribution in [3.63, 3.8) is 0 Å². The van der Waals surface area contributed by atoms with Gasteiger partial charge in [-0.05, 0) is 26.3 Å². The Bertz CT molecular complexity index is 206. The van der Waals surface area contributed by atoms with Crippen LogP contribution >= 0.6 is 0 Å². The zero-order valence-electron chi connectivity index (χ0n) is 10.6. The first-order valence-corrected chi connectivity index (χ1v) is 6.79. The maximum atomic E-state index is 6.09. The molecule has 0 spiro atoms. The highest BCUT2D eigenvalue weighted by Crippen LogP contribution is 2.33. The van der Waals surface area contributed by atoms with Crippen LogP contribution in [0.4, 0.5) is 0 Å². The molecule has 94 valence electrons. The van der Waals surface area contributed by atoms with Gasteiger partial charge < -0.3 is 10.5 Å². The Morgan fingerprint density at radius 3 is 2.44 bits per heavy atom. The second-order valence-corrected chi connectivity index (χ2v) is 5.47. The Morgan fingerprint density at radius 1 is 1.25 bits per heavy atom. The van der Waals surface area contributed by atoms with E-state index < -0.39 is 0 Å². The summed E-state index contributed by atoms with van der Waals surface area (Å²) in [5, 5.41) is 0. The van der Waals surface area contributed by atoms with E-state index in [4.69, 9.17) is 10.5 Å². The molecule has 1 atom stereocenters.